The number of ether oxygens (including phenoxy) is 4. The number of fused-ring (bicyclic) bond motifs is 4. The minimum absolute atomic E-state index is 0.000206. The number of piperidine rings is 1. The molecule has 1 aliphatic carbocycles. The van der Waals surface area contributed by atoms with E-state index in [0.717, 1.165) is 69.1 Å². The molecule has 6 aliphatic heterocycles. The summed E-state index contributed by atoms with van der Waals surface area (Å²) in [4.78, 5) is 43.8. The quantitative estimate of drug-likeness (QED) is 0.0889. The Hall–Kier alpha value is -5.99. The number of morpholine rings is 1. The second kappa shape index (κ2) is 19.1. The number of H-pyrrole nitrogens is 1. The van der Waals surface area contributed by atoms with Gasteiger partial charge in [0.25, 0.3) is 21.6 Å². The van der Waals surface area contributed by atoms with Crippen molar-refractivity contribution in [3.05, 3.63) is 99.7 Å². The number of hydrogen-bond donors (Lipinski definition) is 3. The van der Waals surface area contributed by atoms with Gasteiger partial charge in [0.05, 0.1) is 46.9 Å². The number of rotatable bonds is 11. The molecule has 1 saturated carbocycles. The number of aromatic amines is 1. The first-order valence-corrected chi connectivity index (χ1v) is 27.3. The third-order valence-corrected chi connectivity index (χ3v) is 18.0. The predicted octanol–water partition coefficient (Wildman–Crippen LogP) is 7.18. The summed E-state index contributed by atoms with van der Waals surface area (Å²) < 4.78 is 55.0. The number of nitro benzene ring substituents is 1. The second-order valence-electron chi connectivity index (χ2n) is 20.9. The van der Waals surface area contributed by atoms with Gasteiger partial charge in [-0.2, -0.15) is 4.98 Å². The van der Waals surface area contributed by atoms with Gasteiger partial charge in [-0.05, 0) is 105 Å². The van der Waals surface area contributed by atoms with Crippen LogP contribution < -0.4 is 29.3 Å². The van der Waals surface area contributed by atoms with Crippen molar-refractivity contribution < 1.29 is 37.1 Å². The maximum atomic E-state index is 14.8. The van der Waals surface area contributed by atoms with E-state index in [0.29, 0.717) is 86.3 Å². The zero-order valence-electron chi connectivity index (χ0n) is 40.7. The molecule has 18 nitrogen and oxygen atoms in total. The Balaban J connectivity index is 0.833. The summed E-state index contributed by atoms with van der Waals surface area (Å²) in [6.07, 6.45) is 10.2. The Morgan fingerprint density at radius 2 is 1.78 bits per heavy atom. The van der Waals surface area contributed by atoms with Crippen molar-refractivity contribution in [1.29, 1.82) is 0 Å². The molecule has 4 atom stereocenters. The number of nitrogens with one attached hydrogen (secondary N) is 3. The number of aromatic nitrogens is 2. The number of sulfonamides is 1. The number of benzene rings is 3. The molecule has 3 N–H and O–H groups in total. The number of anilines is 4. The Morgan fingerprint density at radius 1 is 0.944 bits per heavy atom. The fourth-order valence-electron chi connectivity index (χ4n) is 12.7. The highest BCUT2D eigenvalue weighted by molar-refractivity contribution is 7.90. The van der Waals surface area contributed by atoms with Gasteiger partial charge < -0.3 is 39.0 Å². The minimum atomic E-state index is -4.69. The van der Waals surface area contributed by atoms with Crippen molar-refractivity contribution in [2.24, 2.45) is 11.3 Å². The highest BCUT2D eigenvalue weighted by atomic mass is 32.2. The van der Waals surface area contributed by atoms with Crippen LogP contribution in [0.2, 0.25) is 0 Å². The fraction of sp³-hybridized carbons (Fsp3) is 0.509. The SMILES string of the molecule is CCc1ccccc1[C@@H]1CCCN1C1CC2(CCN(c3ccc(C(=O)NS(=O)(=O)c4cc5c(c([N+](=O)[O-])c4)N[C@@H](CN4CCOCC4)CO5)c(N4C[C@@H]5CCOC[C@H]5Oc5nc6[nH]ccc6cc54)c3)CC2)C1. The highest BCUT2D eigenvalue weighted by Gasteiger charge is 2.50. The molecule has 0 unspecified atom stereocenters. The Labute approximate surface area is 419 Å². The van der Waals surface area contributed by atoms with E-state index < -0.39 is 31.4 Å². The van der Waals surface area contributed by atoms with Crippen LogP contribution in [-0.4, -0.2) is 136 Å². The van der Waals surface area contributed by atoms with Gasteiger partial charge in [0, 0.05) is 93.3 Å². The van der Waals surface area contributed by atoms with Gasteiger partial charge in [-0.3, -0.25) is 24.7 Å². The number of nitro groups is 1. The van der Waals surface area contributed by atoms with E-state index >= 15 is 0 Å². The van der Waals surface area contributed by atoms with Crippen LogP contribution in [0.3, 0.4) is 0 Å². The van der Waals surface area contributed by atoms with Gasteiger partial charge >= 0.3 is 0 Å². The van der Waals surface area contributed by atoms with E-state index in [-0.39, 0.29) is 41.7 Å². The Bertz CT molecular complexity index is 2980. The van der Waals surface area contributed by atoms with Crippen molar-refractivity contribution in [3.8, 4) is 11.6 Å². The molecular weight excluding hydrogens is 939 g/mol. The average molecular weight is 1000 g/mol. The number of carbonyl (C=O) groups is 1. The van der Waals surface area contributed by atoms with Crippen molar-refractivity contribution in [2.45, 2.75) is 87.4 Å². The minimum Gasteiger partial charge on any atom is -0.489 e. The van der Waals surface area contributed by atoms with Gasteiger partial charge in [-0.15, -0.1) is 0 Å². The highest BCUT2D eigenvalue weighted by Crippen LogP contribution is 2.54. The van der Waals surface area contributed by atoms with E-state index in [2.05, 4.69) is 65.8 Å². The van der Waals surface area contributed by atoms with E-state index in [1.54, 1.807) is 6.07 Å². The molecule has 3 aromatic carbocycles. The lowest BCUT2D eigenvalue weighted by atomic mass is 9.59. The Morgan fingerprint density at radius 3 is 2.60 bits per heavy atom. The lowest BCUT2D eigenvalue weighted by Gasteiger charge is -2.56. The maximum Gasteiger partial charge on any atom is 0.297 e. The van der Waals surface area contributed by atoms with Crippen LogP contribution in [0.25, 0.3) is 11.0 Å². The summed E-state index contributed by atoms with van der Waals surface area (Å²) in [5.74, 6) is -0.478. The number of pyridine rings is 1. The molecule has 4 saturated heterocycles. The molecule has 380 valence electrons. The van der Waals surface area contributed by atoms with Crippen molar-refractivity contribution >= 4 is 55.4 Å². The third kappa shape index (κ3) is 8.90. The van der Waals surface area contributed by atoms with Gasteiger partial charge in [0.15, 0.2) is 11.4 Å². The number of nitrogens with zero attached hydrogens (tertiary/aromatic N) is 6. The van der Waals surface area contributed by atoms with E-state index in [9.17, 15) is 23.3 Å². The average Bonchev–Trinajstić information content (AvgIpc) is 4.03. The first-order valence-electron chi connectivity index (χ1n) is 25.8. The van der Waals surface area contributed by atoms with E-state index in [1.807, 2.05) is 30.5 Å². The van der Waals surface area contributed by atoms with Crippen LogP contribution >= 0.6 is 0 Å². The zero-order chi connectivity index (χ0) is 49.1. The molecule has 1 spiro atoms. The van der Waals surface area contributed by atoms with Crippen LogP contribution in [-0.2, 0) is 25.9 Å². The normalized spacial score (nSPS) is 24.5. The number of amides is 1. The molecule has 2 aromatic heterocycles. The predicted molar refractivity (Wildman–Crippen MR) is 272 cm³/mol. The summed E-state index contributed by atoms with van der Waals surface area (Å²) >= 11 is 0. The number of likely N-dealkylation sites (tertiary alicyclic amines) is 1. The molecule has 5 aromatic rings. The van der Waals surface area contributed by atoms with Crippen molar-refractivity contribution in [3.63, 3.8) is 0 Å². The molecule has 72 heavy (non-hydrogen) atoms. The van der Waals surface area contributed by atoms with Gasteiger partial charge in [-0.25, -0.2) is 13.1 Å². The standard InChI is InChI=1S/C53H63N9O9S/c1-2-34-6-3-4-7-41(34)43-8-5-16-60(43)39-28-53(29-39)13-17-59(18-14-53)38-9-10-42(44(25-38)61-30-36-12-21-69-33-48(36)71-52-46(61)24-35-11-15-54-50(35)56-52)51(63)57-72(66,67)40-26-45(62(64)65)49-47(27-40)70-32-37(55-49)31-58-19-22-68-23-20-58/h3-4,6-7,9-11,15,24-27,36-37,39,43,48,55H,2,5,8,12-14,16-23,28-33H2,1H3,(H,54,56)(H,57,63)/t36-,37-,43-,48+/m0/s1. The Kier molecular flexibility index (Phi) is 12.5. The lowest BCUT2D eigenvalue weighted by molar-refractivity contribution is -0.384. The lowest BCUT2D eigenvalue weighted by Crippen LogP contribution is -2.55. The fourth-order valence-corrected chi connectivity index (χ4v) is 13.7. The van der Waals surface area contributed by atoms with Gasteiger partial charge in [-0.1, -0.05) is 31.2 Å². The van der Waals surface area contributed by atoms with Gasteiger partial charge in [0.2, 0.25) is 5.88 Å². The molecule has 1 amide bonds. The van der Waals surface area contributed by atoms with E-state index in [1.165, 1.54) is 42.9 Å². The summed E-state index contributed by atoms with van der Waals surface area (Å²) in [6, 6.07) is 21.5. The van der Waals surface area contributed by atoms with Crippen LogP contribution in [0.4, 0.5) is 28.4 Å². The smallest absolute Gasteiger partial charge is 0.297 e. The van der Waals surface area contributed by atoms with Crippen LogP contribution in [0, 0.1) is 21.4 Å². The molecule has 0 radical (unpaired) electrons. The molecule has 8 heterocycles. The van der Waals surface area contributed by atoms with Crippen molar-refractivity contribution in [2.75, 3.05) is 94.0 Å². The molecule has 7 aliphatic rings. The first kappa shape index (κ1) is 47.0. The van der Waals surface area contributed by atoms with Crippen molar-refractivity contribution in [1.82, 2.24) is 24.5 Å². The monoisotopic (exact) mass is 1000 g/mol. The summed E-state index contributed by atoms with van der Waals surface area (Å²) in [5.41, 5.74) is 5.73. The second-order valence-corrected chi connectivity index (χ2v) is 22.6. The van der Waals surface area contributed by atoms with Crippen LogP contribution in [0.15, 0.2) is 77.8 Å². The molecular formula is C53H63N9O9S. The first-order chi connectivity index (χ1) is 35.0. The molecule has 0 bridgehead atoms. The number of carbonyl (C=O) groups excluding carboxylic acids is 1. The molecule has 19 heteroatoms. The maximum absolute atomic E-state index is 14.8. The summed E-state index contributed by atoms with van der Waals surface area (Å²) in [7, 11) is -4.69. The number of hydrogen-bond acceptors (Lipinski definition) is 15. The zero-order valence-corrected chi connectivity index (χ0v) is 41.5. The molecule has 5 fully saturated rings. The summed E-state index contributed by atoms with van der Waals surface area (Å²) in [6.45, 7) is 9.88. The largest absolute Gasteiger partial charge is 0.489 e. The summed E-state index contributed by atoms with van der Waals surface area (Å²) in [5, 5.41) is 16.6. The third-order valence-electron chi connectivity index (χ3n) is 16.7. The van der Waals surface area contributed by atoms with Crippen LogP contribution in [0.5, 0.6) is 11.6 Å². The number of aryl methyl sites for hydroxylation is 1. The van der Waals surface area contributed by atoms with Crippen LogP contribution in [0.1, 0.15) is 79.4 Å². The van der Waals surface area contributed by atoms with Gasteiger partial charge in [0.1, 0.15) is 24.0 Å². The topological polar surface area (TPSA) is 197 Å². The molecule has 12 rings (SSSR count). The van der Waals surface area contributed by atoms with E-state index in [4.69, 9.17) is 23.9 Å².